The number of halogens is 1. The maximum absolute atomic E-state index is 13.2. The maximum atomic E-state index is 13.2. The lowest BCUT2D eigenvalue weighted by atomic mass is 10.1. The third kappa shape index (κ3) is 3.70. The zero-order valence-electron chi connectivity index (χ0n) is 17.0. The second kappa shape index (κ2) is 8.16. The number of phenolic OH excluding ortho intramolecular Hbond substituents is 1. The molecule has 2 aromatic rings. The van der Waals surface area contributed by atoms with Crippen molar-refractivity contribution in [1.82, 2.24) is 4.90 Å². The topological polar surface area (TPSA) is 73.3 Å². The van der Waals surface area contributed by atoms with Crippen LogP contribution in [0.25, 0.3) is 0 Å². The van der Waals surface area contributed by atoms with Gasteiger partial charge in [0.15, 0.2) is 0 Å². The number of piperazine rings is 1. The van der Waals surface area contributed by atoms with Gasteiger partial charge >= 0.3 is 0 Å². The minimum Gasteiger partial charge on any atom is -0.508 e. The van der Waals surface area contributed by atoms with Gasteiger partial charge in [-0.3, -0.25) is 14.5 Å². The minimum atomic E-state index is -0.472. The van der Waals surface area contributed by atoms with Crippen molar-refractivity contribution in [2.45, 2.75) is 19.4 Å². The highest BCUT2D eigenvalue weighted by Gasteiger charge is 2.44. The molecule has 4 rings (SSSR count). The van der Waals surface area contributed by atoms with E-state index in [2.05, 4.69) is 9.80 Å². The lowest BCUT2D eigenvalue weighted by Gasteiger charge is -2.38. The number of imide groups is 1. The normalized spacial score (nSPS) is 20.2. The third-order valence-electron chi connectivity index (χ3n) is 5.79. The van der Waals surface area contributed by atoms with Crippen molar-refractivity contribution in [3.8, 4) is 11.5 Å². The fourth-order valence-corrected chi connectivity index (χ4v) is 4.25. The summed E-state index contributed by atoms with van der Waals surface area (Å²) in [7, 11) is 1.50. The van der Waals surface area contributed by atoms with Gasteiger partial charge in [-0.15, -0.1) is 0 Å². The second-order valence-corrected chi connectivity index (χ2v) is 8.01. The first kappa shape index (κ1) is 20.5. The Morgan fingerprint density at radius 2 is 1.73 bits per heavy atom. The van der Waals surface area contributed by atoms with Gasteiger partial charge in [0, 0.05) is 43.0 Å². The van der Waals surface area contributed by atoms with Crippen molar-refractivity contribution >= 4 is 34.8 Å². The number of nitrogens with zero attached hydrogens (tertiary/aromatic N) is 3. The third-order valence-corrected chi connectivity index (χ3v) is 6.20. The Kier molecular flexibility index (Phi) is 5.58. The zero-order chi connectivity index (χ0) is 21.4. The number of anilines is 2. The van der Waals surface area contributed by atoms with Crippen LogP contribution < -0.4 is 14.5 Å². The molecule has 2 aliphatic heterocycles. The van der Waals surface area contributed by atoms with Gasteiger partial charge in [0.25, 0.3) is 5.91 Å². The van der Waals surface area contributed by atoms with E-state index in [0.29, 0.717) is 29.5 Å². The summed E-state index contributed by atoms with van der Waals surface area (Å²) in [5.41, 5.74) is 2.25. The van der Waals surface area contributed by atoms with Crippen LogP contribution in [0.3, 0.4) is 0 Å². The van der Waals surface area contributed by atoms with Crippen LogP contribution >= 0.6 is 11.6 Å². The smallest absolute Gasteiger partial charge is 0.251 e. The summed E-state index contributed by atoms with van der Waals surface area (Å²) in [5.74, 6) is 0.189. The van der Waals surface area contributed by atoms with Crippen LogP contribution in [0.1, 0.15) is 12.0 Å². The molecule has 7 nitrogen and oxygen atoms in total. The number of benzene rings is 2. The summed E-state index contributed by atoms with van der Waals surface area (Å²) in [4.78, 5) is 31.5. The molecule has 1 atom stereocenters. The molecule has 0 unspecified atom stereocenters. The number of aryl methyl sites for hydroxylation is 1. The molecule has 2 heterocycles. The summed E-state index contributed by atoms with van der Waals surface area (Å²) in [5, 5.41) is 9.99. The van der Waals surface area contributed by atoms with E-state index in [1.165, 1.54) is 12.0 Å². The number of hydrogen-bond donors (Lipinski definition) is 1. The molecule has 158 valence electrons. The fourth-order valence-electron chi connectivity index (χ4n) is 4.10. The van der Waals surface area contributed by atoms with Crippen LogP contribution in [0.5, 0.6) is 11.5 Å². The van der Waals surface area contributed by atoms with Crippen molar-refractivity contribution in [3.63, 3.8) is 0 Å². The van der Waals surface area contributed by atoms with Crippen LogP contribution in [-0.2, 0) is 9.59 Å². The molecule has 0 saturated carbocycles. The van der Waals surface area contributed by atoms with Crippen LogP contribution in [0.2, 0.25) is 5.02 Å². The average molecular weight is 430 g/mol. The second-order valence-electron chi connectivity index (χ2n) is 7.60. The van der Waals surface area contributed by atoms with Gasteiger partial charge in [-0.1, -0.05) is 11.6 Å². The maximum Gasteiger partial charge on any atom is 0.251 e. The van der Waals surface area contributed by atoms with Gasteiger partial charge in [-0.05, 0) is 42.8 Å². The molecule has 2 saturated heterocycles. The molecule has 0 radical (unpaired) electrons. The molecule has 2 fully saturated rings. The Morgan fingerprint density at radius 3 is 2.37 bits per heavy atom. The van der Waals surface area contributed by atoms with Crippen molar-refractivity contribution in [2.75, 3.05) is 43.1 Å². The van der Waals surface area contributed by atoms with Crippen molar-refractivity contribution in [1.29, 1.82) is 0 Å². The number of amides is 2. The van der Waals surface area contributed by atoms with Crippen LogP contribution in [0.4, 0.5) is 11.4 Å². The number of phenols is 1. The first-order chi connectivity index (χ1) is 14.4. The first-order valence-corrected chi connectivity index (χ1v) is 10.3. The van der Waals surface area contributed by atoms with Gasteiger partial charge in [0.05, 0.1) is 25.3 Å². The Balaban J connectivity index is 1.49. The highest BCUT2D eigenvalue weighted by Crippen LogP contribution is 2.37. The van der Waals surface area contributed by atoms with Gasteiger partial charge in [-0.2, -0.15) is 0 Å². The van der Waals surface area contributed by atoms with Crippen molar-refractivity contribution in [3.05, 3.63) is 47.0 Å². The van der Waals surface area contributed by atoms with E-state index in [-0.39, 0.29) is 24.0 Å². The monoisotopic (exact) mass is 429 g/mol. The van der Waals surface area contributed by atoms with E-state index in [1.807, 2.05) is 19.1 Å². The molecule has 0 aromatic heterocycles. The molecule has 2 aromatic carbocycles. The molecule has 2 aliphatic rings. The van der Waals surface area contributed by atoms with Crippen molar-refractivity contribution < 1.29 is 19.4 Å². The van der Waals surface area contributed by atoms with Gasteiger partial charge < -0.3 is 14.7 Å². The summed E-state index contributed by atoms with van der Waals surface area (Å²) < 4.78 is 5.37. The molecule has 1 N–H and O–H groups in total. The Morgan fingerprint density at radius 1 is 1.07 bits per heavy atom. The van der Waals surface area contributed by atoms with Crippen molar-refractivity contribution in [2.24, 2.45) is 0 Å². The number of carbonyl (C=O) groups excluding carboxylic acids is 2. The number of ether oxygens (including phenoxy) is 1. The van der Waals surface area contributed by atoms with Crippen LogP contribution in [0, 0.1) is 6.92 Å². The number of carbonyl (C=O) groups is 2. The molecular formula is C22H24ClN3O4. The minimum absolute atomic E-state index is 0.156. The molecule has 2 amide bonds. The largest absolute Gasteiger partial charge is 0.508 e. The SMILES string of the molecule is COc1cc(Cl)c(C)cc1N1C(=O)C[C@@H](N2CCN(c3ccc(O)cc3)CC2)C1=O. The lowest BCUT2D eigenvalue weighted by Crippen LogP contribution is -2.52. The Labute approximate surface area is 180 Å². The van der Waals surface area contributed by atoms with Gasteiger partial charge in [0.2, 0.25) is 5.91 Å². The Bertz CT molecular complexity index is 971. The van der Waals surface area contributed by atoms with E-state index < -0.39 is 6.04 Å². The lowest BCUT2D eigenvalue weighted by molar-refractivity contribution is -0.123. The quantitative estimate of drug-likeness (QED) is 0.753. The zero-order valence-corrected chi connectivity index (χ0v) is 17.7. The first-order valence-electron chi connectivity index (χ1n) is 9.88. The van der Waals surface area contributed by atoms with Gasteiger partial charge in [-0.25, -0.2) is 4.90 Å². The summed E-state index contributed by atoms with van der Waals surface area (Å²) in [6, 6.07) is 9.98. The predicted octanol–water partition coefficient (Wildman–Crippen LogP) is 2.82. The van der Waals surface area contributed by atoms with E-state index >= 15 is 0 Å². The van der Waals surface area contributed by atoms with E-state index in [9.17, 15) is 14.7 Å². The number of hydrogen-bond acceptors (Lipinski definition) is 6. The number of rotatable bonds is 4. The van der Waals surface area contributed by atoms with E-state index in [4.69, 9.17) is 16.3 Å². The highest BCUT2D eigenvalue weighted by molar-refractivity contribution is 6.32. The predicted molar refractivity (Wildman–Crippen MR) is 116 cm³/mol. The molecule has 0 aliphatic carbocycles. The van der Waals surface area contributed by atoms with Gasteiger partial charge in [0.1, 0.15) is 11.5 Å². The van der Waals surface area contributed by atoms with Crippen LogP contribution in [0.15, 0.2) is 36.4 Å². The Hall–Kier alpha value is -2.77. The standard InChI is InChI=1S/C22H24ClN3O4/c1-14-11-18(20(30-2)12-17(14)23)26-21(28)13-19(22(26)29)25-9-7-24(8-10-25)15-3-5-16(27)6-4-15/h3-6,11-12,19,27H,7-10,13H2,1-2H3/t19-/m1/s1. The molecular weight excluding hydrogens is 406 g/mol. The number of aromatic hydroxyl groups is 1. The number of methoxy groups -OCH3 is 1. The molecule has 0 bridgehead atoms. The highest BCUT2D eigenvalue weighted by atomic mass is 35.5. The van der Waals surface area contributed by atoms with E-state index in [0.717, 1.165) is 24.3 Å². The fraction of sp³-hybridized carbons (Fsp3) is 0.364. The molecule has 8 heteroatoms. The molecule has 30 heavy (non-hydrogen) atoms. The van der Waals surface area contributed by atoms with E-state index in [1.54, 1.807) is 24.3 Å². The summed E-state index contributed by atoms with van der Waals surface area (Å²) in [6.07, 6.45) is 0.156. The summed E-state index contributed by atoms with van der Waals surface area (Å²) >= 11 is 6.17. The summed E-state index contributed by atoms with van der Waals surface area (Å²) in [6.45, 7) is 4.67. The van der Waals surface area contributed by atoms with Crippen LogP contribution in [-0.4, -0.2) is 61.2 Å². The molecule has 0 spiro atoms. The average Bonchev–Trinajstić information content (AvgIpc) is 3.04.